The number of hydrogen-bond acceptors (Lipinski definition) is 2. The summed E-state index contributed by atoms with van der Waals surface area (Å²) in [6.45, 7) is 11.6. The van der Waals surface area contributed by atoms with E-state index in [-0.39, 0.29) is 5.60 Å². The Bertz CT molecular complexity index is 231. The molecule has 2 rings (SSSR count). The van der Waals surface area contributed by atoms with Gasteiger partial charge in [0.1, 0.15) is 0 Å². The molecule has 2 saturated heterocycles. The van der Waals surface area contributed by atoms with Gasteiger partial charge in [-0.1, -0.05) is 13.5 Å². The van der Waals surface area contributed by atoms with Crippen LogP contribution in [0.1, 0.15) is 39.5 Å². The molecular formula is C13H23NO. The monoisotopic (exact) mass is 209 g/mol. The second kappa shape index (κ2) is 4.17. The van der Waals surface area contributed by atoms with Crippen molar-refractivity contribution in [1.29, 1.82) is 0 Å². The van der Waals surface area contributed by atoms with Crippen LogP contribution in [0.4, 0.5) is 0 Å². The molecule has 0 aliphatic carbocycles. The zero-order valence-electron chi connectivity index (χ0n) is 10.1. The molecule has 0 unspecified atom stereocenters. The SMILES string of the molecule is C=C(C)N1CCC2(CC[C@H](C)CO2)CC1. The van der Waals surface area contributed by atoms with Crippen LogP contribution in [0.2, 0.25) is 0 Å². The fourth-order valence-electron chi connectivity index (χ4n) is 2.67. The highest BCUT2D eigenvalue weighted by Gasteiger charge is 2.38. The van der Waals surface area contributed by atoms with Gasteiger partial charge in [-0.2, -0.15) is 0 Å². The third kappa shape index (κ3) is 2.36. The van der Waals surface area contributed by atoms with Gasteiger partial charge < -0.3 is 9.64 Å². The number of piperidine rings is 1. The van der Waals surface area contributed by atoms with Crippen LogP contribution in [0, 0.1) is 5.92 Å². The maximum absolute atomic E-state index is 6.09. The van der Waals surface area contributed by atoms with Crippen LogP contribution in [0.15, 0.2) is 12.3 Å². The predicted octanol–water partition coefficient (Wildman–Crippen LogP) is 2.80. The van der Waals surface area contributed by atoms with E-state index < -0.39 is 0 Å². The highest BCUT2D eigenvalue weighted by atomic mass is 16.5. The van der Waals surface area contributed by atoms with Gasteiger partial charge in [0.25, 0.3) is 0 Å². The molecule has 1 atom stereocenters. The molecule has 0 N–H and O–H groups in total. The molecule has 2 heteroatoms. The molecule has 0 aromatic carbocycles. The van der Waals surface area contributed by atoms with Gasteiger partial charge >= 0.3 is 0 Å². The van der Waals surface area contributed by atoms with Crippen LogP contribution in [-0.4, -0.2) is 30.2 Å². The van der Waals surface area contributed by atoms with Crippen molar-refractivity contribution in [3.05, 3.63) is 12.3 Å². The molecule has 2 fully saturated rings. The van der Waals surface area contributed by atoms with Crippen molar-refractivity contribution >= 4 is 0 Å². The molecule has 0 bridgehead atoms. The Balaban J connectivity index is 1.89. The lowest BCUT2D eigenvalue weighted by molar-refractivity contribution is -0.123. The number of rotatable bonds is 1. The van der Waals surface area contributed by atoms with E-state index in [1.54, 1.807) is 0 Å². The molecule has 0 saturated carbocycles. The second-order valence-electron chi connectivity index (χ2n) is 5.36. The highest BCUT2D eigenvalue weighted by Crippen LogP contribution is 2.36. The standard InChI is InChI=1S/C13H23NO/c1-11(2)14-8-6-13(7-9-14)5-4-12(3)10-15-13/h12H,1,4-10H2,2-3H3/t12-/m0/s1. The smallest absolute Gasteiger partial charge is 0.0716 e. The Morgan fingerprint density at radius 3 is 2.47 bits per heavy atom. The van der Waals surface area contributed by atoms with E-state index in [9.17, 15) is 0 Å². The first-order chi connectivity index (χ1) is 7.11. The molecule has 0 aromatic rings. The van der Waals surface area contributed by atoms with Gasteiger partial charge in [-0.25, -0.2) is 0 Å². The number of hydrogen-bond donors (Lipinski definition) is 0. The van der Waals surface area contributed by atoms with Crippen LogP contribution < -0.4 is 0 Å². The minimum absolute atomic E-state index is 0.221. The van der Waals surface area contributed by atoms with Crippen LogP contribution in [0.3, 0.4) is 0 Å². The topological polar surface area (TPSA) is 12.5 Å². The van der Waals surface area contributed by atoms with Crippen LogP contribution >= 0.6 is 0 Å². The summed E-state index contributed by atoms with van der Waals surface area (Å²) in [5.41, 5.74) is 1.42. The summed E-state index contributed by atoms with van der Waals surface area (Å²) in [5, 5.41) is 0. The molecule has 0 aromatic heterocycles. The fraction of sp³-hybridized carbons (Fsp3) is 0.846. The summed E-state index contributed by atoms with van der Waals surface area (Å²) in [4.78, 5) is 2.38. The van der Waals surface area contributed by atoms with Crippen molar-refractivity contribution in [3.63, 3.8) is 0 Å². The largest absolute Gasteiger partial charge is 0.375 e. The van der Waals surface area contributed by atoms with Gasteiger partial charge in [0.15, 0.2) is 0 Å². The summed E-state index contributed by atoms with van der Waals surface area (Å²) >= 11 is 0. The summed E-state index contributed by atoms with van der Waals surface area (Å²) in [6.07, 6.45) is 4.98. The maximum atomic E-state index is 6.09. The predicted molar refractivity (Wildman–Crippen MR) is 62.7 cm³/mol. The Labute approximate surface area is 93.3 Å². The van der Waals surface area contributed by atoms with E-state index in [0.29, 0.717) is 0 Å². The Hall–Kier alpha value is -0.500. The number of nitrogens with zero attached hydrogens (tertiary/aromatic N) is 1. The average molecular weight is 209 g/mol. The van der Waals surface area contributed by atoms with Crippen LogP contribution in [0.25, 0.3) is 0 Å². The van der Waals surface area contributed by atoms with Crippen molar-refractivity contribution in [3.8, 4) is 0 Å². The van der Waals surface area contributed by atoms with Crippen molar-refractivity contribution < 1.29 is 4.74 Å². The van der Waals surface area contributed by atoms with Gasteiger partial charge in [-0.3, -0.25) is 0 Å². The Morgan fingerprint density at radius 2 is 2.00 bits per heavy atom. The summed E-state index contributed by atoms with van der Waals surface area (Å²) in [7, 11) is 0. The Morgan fingerprint density at radius 1 is 1.33 bits per heavy atom. The molecular weight excluding hydrogens is 186 g/mol. The molecule has 0 amide bonds. The highest BCUT2D eigenvalue weighted by molar-refractivity contribution is 4.97. The second-order valence-corrected chi connectivity index (χ2v) is 5.36. The van der Waals surface area contributed by atoms with E-state index in [1.165, 1.54) is 31.4 Å². The molecule has 86 valence electrons. The van der Waals surface area contributed by atoms with Crippen molar-refractivity contribution in [2.24, 2.45) is 5.92 Å². The van der Waals surface area contributed by atoms with E-state index in [0.717, 1.165) is 25.6 Å². The van der Waals surface area contributed by atoms with E-state index in [2.05, 4.69) is 25.3 Å². The molecule has 1 spiro atoms. The lowest BCUT2D eigenvalue weighted by atomic mass is 9.82. The maximum Gasteiger partial charge on any atom is 0.0716 e. The normalized spacial score (nSPS) is 30.5. The summed E-state index contributed by atoms with van der Waals surface area (Å²) < 4.78 is 6.09. The number of likely N-dealkylation sites (tertiary alicyclic amines) is 1. The fourth-order valence-corrected chi connectivity index (χ4v) is 2.67. The number of allylic oxidation sites excluding steroid dienone is 1. The molecule has 2 aliphatic rings. The van der Waals surface area contributed by atoms with Crippen molar-refractivity contribution in [1.82, 2.24) is 4.90 Å². The third-order valence-electron chi connectivity index (χ3n) is 3.98. The minimum Gasteiger partial charge on any atom is -0.375 e. The quantitative estimate of drug-likeness (QED) is 0.658. The lowest BCUT2D eigenvalue weighted by Gasteiger charge is -2.46. The van der Waals surface area contributed by atoms with Crippen molar-refractivity contribution in [2.45, 2.75) is 45.1 Å². The molecule has 2 aliphatic heterocycles. The zero-order chi connectivity index (χ0) is 10.9. The molecule has 0 radical (unpaired) electrons. The van der Waals surface area contributed by atoms with E-state index >= 15 is 0 Å². The number of ether oxygens (including phenoxy) is 1. The molecule has 2 heterocycles. The Kier molecular flexibility index (Phi) is 3.06. The van der Waals surface area contributed by atoms with E-state index in [4.69, 9.17) is 4.74 Å². The lowest BCUT2D eigenvalue weighted by Crippen LogP contribution is -2.48. The summed E-state index contributed by atoms with van der Waals surface area (Å²) in [5.74, 6) is 0.759. The minimum atomic E-state index is 0.221. The van der Waals surface area contributed by atoms with Gasteiger partial charge in [0, 0.05) is 25.4 Å². The van der Waals surface area contributed by atoms with Crippen molar-refractivity contribution in [2.75, 3.05) is 19.7 Å². The first-order valence-electron chi connectivity index (χ1n) is 6.16. The van der Waals surface area contributed by atoms with Crippen LogP contribution in [-0.2, 0) is 4.74 Å². The van der Waals surface area contributed by atoms with E-state index in [1.807, 2.05) is 0 Å². The first-order valence-corrected chi connectivity index (χ1v) is 6.16. The first kappa shape index (κ1) is 11.0. The average Bonchev–Trinajstić information content (AvgIpc) is 2.24. The van der Waals surface area contributed by atoms with Crippen LogP contribution in [0.5, 0.6) is 0 Å². The molecule has 2 nitrogen and oxygen atoms in total. The third-order valence-corrected chi connectivity index (χ3v) is 3.98. The zero-order valence-corrected chi connectivity index (χ0v) is 10.1. The summed E-state index contributed by atoms with van der Waals surface area (Å²) in [6, 6.07) is 0. The van der Waals surface area contributed by atoms with Gasteiger partial charge in [0.2, 0.25) is 0 Å². The van der Waals surface area contributed by atoms with Gasteiger partial charge in [0.05, 0.1) is 5.60 Å². The van der Waals surface area contributed by atoms with Gasteiger partial charge in [-0.05, 0) is 38.5 Å². The molecule has 15 heavy (non-hydrogen) atoms. The van der Waals surface area contributed by atoms with Gasteiger partial charge in [-0.15, -0.1) is 0 Å².